The van der Waals surface area contributed by atoms with Gasteiger partial charge in [-0.05, 0) is 54.8 Å². The molecular weight excluding hydrogens is 411 g/mol. The van der Waals surface area contributed by atoms with Gasteiger partial charge in [-0.25, -0.2) is 0 Å². The highest BCUT2D eigenvalue weighted by Gasteiger charge is 2.32. The molecule has 0 fully saturated rings. The molecule has 0 bridgehead atoms. The zero-order valence-corrected chi connectivity index (χ0v) is 17.6. The van der Waals surface area contributed by atoms with Crippen LogP contribution in [0, 0.1) is 0 Å². The molecule has 152 valence electrons. The van der Waals surface area contributed by atoms with Crippen molar-refractivity contribution in [3.63, 3.8) is 0 Å². The van der Waals surface area contributed by atoms with Crippen molar-refractivity contribution >= 4 is 34.8 Å². The molecule has 1 aliphatic heterocycles. The monoisotopic (exact) mass is 432 g/mol. The van der Waals surface area contributed by atoms with Gasteiger partial charge in [0.05, 0.1) is 23.7 Å². The van der Waals surface area contributed by atoms with Crippen LogP contribution in [-0.4, -0.2) is 31.2 Å². The molecular formula is C22H22Cl2N2O3. The first-order valence-electron chi connectivity index (χ1n) is 9.16. The van der Waals surface area contributed by atoms with Crippen molar-refractivity contribution in [2.75, 3.05) is 25.1 Å². The Bertz CT molecular complexity index is 955. The van der Waals surface area contributed by atoms with Crippen molar-refractivity contribution in [2.24, 2.45) is 0 Å². The second-order valence-corrected chi connectivity index (χ2v) is 7.49. The number of amides is 1. The van der Waals surface area contributed by atoms with Crippen molar-refractivity contribution in [1.82, 2.24) is 5.32 Å². The fourth-order valence-corrected chi connectivity index (χ4v) is 3.43. The fraction of sp³-hybridized carbons (Fsp3) is 0.227. The van der Waals surface area contributed by atoms with E-state index in [0.29, 0.717) is 39.3 Å². The Morgan fingerprint density at radius 3 is 2.59 bits per heavy atom. The van der Waals surface area contributed by atoms with Crippen LogP contribution in [0.3, 0.4) is 0 Å². The number of hydrogen-bond donors (Lipinski definition) is 2. The van der Waals surface area contributed by atoms with Crippen molar-refractivity contribution in [2.45, 2.75) is 12.8 Å². The Hall–Kier alpha value is -2.63. The third-order valence-electron chi connectivity index (χ3n) is 4.76. The van der Waals surface area contributed by atoms with Gasteiger partial charge in [0.2, 0.25) is 0 Å². The van der Waals surface area contributed by atoms with Crippen LogP contribution in [0.5, 0.6) is 5.75 Å². The summed E-state index contributed by atoms with van der Waals surface area (Å²) in [5.41, 5.74) is 2.82. The molecule has 0 radical (unpaired) electrons. The van der Waals surface area contributed by atoms with Crippen LogP contribution >= 0.6 is 23.2 Å². The van der Waals surface area contributed by atoms with E-state index in [4.69, 9.17) is 27.9 Å². The van der Waals surface area contributed by atoms with Gasteiger partial charge in [0.15, 0.2) is 5.76 Å². The standard InChI is InChI=1S/C22H22Cl2N2O3/c1-14(25-11-3-4-15-5-10-19(23)20(24)12-15)18-13-26(22(28)21(18)27)16-6-8-17(29-2)9-7-16/h5-10,12,25,27H,1,3-4,11,13H2,2H3. The maximum atomic E-state index is 12.4. The molecule has 0 aromatic heterocycles. The minimum absolute atomic E-state index is 0.260. The molecule has 2 aromatic carbocycles. The van der Waals surface area contributed by atoms with Gasteiger partial charge in [0.1, 0.15) is 5.75 Å². The number of carbonyl (C=O) groups excluding carboxylic acids is 1. The van der Waals surface area contributed by atoms with Gasteiger partial charge in [-0.3, -0.25) is 4.79 Å². The quantitative estimate of drug-likeness (QED) is 0.582. The zero-order chi connectivity index (χ0) is 21.0. The average molecular weight is 433 g/mol. The van der Waals surface area contributed by atoms with E-state index in [1.165, 1.54) is 4.90 Å². The van der Waals surface area contributed by atoms with Crippen LogP contribution in [-0.2, 0) is 11.2 Å². The van der Waals surface area contributed by atoms with E-state index in [-0.39, 0.29) is 12.3 Å². The molecule has 0 saturated heterocycles. The molecule has 0 aliphatic carbocycles. The molecule has 2 N–H and O–H groups in total. The number of aliphatic hydroxyl groups is 1. The van der Waals surface area contributed by atoms with E-state index >= 15 is 0 Å². The number of nitrogens with zero attached hydrogens (tertiary/aromatic N) is 1. The van der Waals surface area contributed by atoms with Gasteiger partial charge in [0.25, 0.3) is 5.91 Å². The Labute approximate surface area is 180 Å². The van der Waals surface area contributed by atoms with Crippen LogP contribution in [0.2, 0.25) is 10.0 Å². The number of anilines is 1. The Morgan fingerprint density at radius 1 is 1.21 bits per heavy atom. The maximum Gasteiger partial charge on any atom is 0.293 e. The van der Waals surface area contributed by atoms with Gasteiger partial charge >= 0.3 is 0 Å². The largest absolute Gasteiger partial charge is 0.503 e. The highest BCUT2D eigenvalue weighted by atomic mass is 35.5. The minimum Gasteiger partial charge on any atom is -0.503 e. The minimum atomic E-state index is -0.441. The molecule has 0 unspecified atom stereocenters. The van der Waals surface area contributed by atoms with Crippen molar-refractivity contribution in [3.05, 3.63) is 81.7 Å². The second kappa shape index (κ2) is 9.25. The molecule has 2 aromatic rings. The van der Waals surface area contributed by atoms with Crippen LogP contribution < -0.4 is 15.0 Å². The SMILES string of the molecule is C=C(NCCCc1ccc(Cl)c(Cl)c1)C1=C(O)C(=O)N(c2ccc(OC)cc2)C1. The summed E-state index contributed by atoms with van der Waals surface area (Å²) in [6, 6.07) is 12.7. The number of methoxy groups -OCH3 is 1. The Kier molecular flexibility index (Phi) is 6.72. The number of halogens is 2. The summed E-state index contributed by atoms with van der Waals surface area (Å²) in [6.07, 6.45) is 1.65. The summed E-state index contributed by atoms with van der Waals surface area (Å²) < 4.78 is 5.14. The summed E-state index contributed by atoms with van der Waals surface area (Å²) in [5, 5.41) is 14.6. The number of aliphatic hydroxyl groups excluding tert-OH is 1. The number of rotatable bonds is 8. The maximum absolute atomic E-state index is 12.4. The lowest BCUT2D eigenvalue weighted by Gasteiger charge is -2.17. The predicted molar refractivity (Wildman–Crippen MR) is 117 cm³/mol. The first-order valence-corrected chi connectivity index (χ1v) is 9.91. The summed E-state index contributed by atoms with van der Waals surface area (Å²) in [5.74, 6) is -0.0161. The first kappa shape index (κ1) is 21.1. The summed E-state index contributed by atoms with van der Waals surface area (Å²) in [7, 11) is 1.58. The molecule has 29 heavy (non-hydrogen) atoms. The number of benzene rings is 2. The number of carbonyl (C=O) groups is 1. The van der Waals surface area contributed by atoms with Crippen molar-refractivity contribution < 1.29 is 14.6 Å². The smallest absolute Gasteiger partial charge is 0.293 e. The summed E-state index contributed by atoms with van der Waals surface area (Å²) in [4.78, 5) is 14.0. The van der Waals surface area contributed by atoms with E-state index in [9.17, 15) is 9.90 Å². The molecule has 0 spiro atoms. The number of ether oxygens (including phenoxy) is 1. The van der Waals surface area contributed by atoms with Crippen LogP contribution in [0.4, 0.5) is 5.69 Å². The number of hydrogen-bond acceptors (Lipinski definition) is 4. The van der Waals surface area contributed by atoms with Gasteiger partial charge in [-0.2, -0.15) is 0 Å². The van der Waals surface area contributed by atoms with Gasteiger partial charge in [0, 0.05) is 23.5 Å². The molecule has 0 atom stereocenters. The molecule has 1 aliphatic rings. The molecule has 7 heteroatoms. The second-order valence-electron chi connectivity index (χ2n) is 6.67. The van der Waals surface area contributed by atoms with Gasteiger partial charge in [-0.15, -0.1) is 0 Å². The van der Waals surface area contributed by atoms with Gasteiger partial charge in [-0.1, -0.05) is 35.8 Å². The first-order chi connectivity index (χ1) is 13.9. The summed E-state index contributed by atoms with van der Waals surface area (Å²) >= 11 is 12.0. The van der Waals surface area contributed by atoms with E-state index < -0.39 is 5.91 Å². The molecule has 3 rings (SSSR count). The number of nitrogens with one attached hydrogen (secondary N) is 1. The number of aryl methyl sites for hydroxylation is 1. The Morgan fingerprint density at radius 2 is 1.93 bits per heavy atom. The molecule has 1 heterocycles. The Balaban J connectivity index is 1.54. The normalized spacial score (nSPS) is 13.8. The van der Waals surface area contributed by atoms with Crippen molar-refractivity contribution in [1.29, 1.82) is 0 Å². The van der Waals surface area contributed by atoms with E-state index in [1.807, 2.05) is 12.1 Å². The van der Waals surface area contributed by atoms with Crippen LogP contribution in [0.25, 0.3) is 0 Å². The zero-order valence-electron chi connectivity index (χ0n) is 16.0. The lowest BCUT2D eigenvalue weighted by molar-refractivity contribution is -0.116. The van der Waals surface area contributed by atoms with Crippen LogP contribution in [0.1, 0.15) is 12.0 Å². The molecule has 1 amide bonds. The lowest BCUT2D eigenvalue weighted by Crippen LogP contribution is -2.27. The third-order valence-corrected chi connectivity index (χ3v) is 5.50. The van der Waals surface area contributed by atoms with Gasteiger partial charge < -0.3 is 20.1 Å². The molecule has 5 nitrogen and oxygen atoms in total. The summed E-state index contributed by atoms with van der Waals surface area (Å²) in [6.45, 7) is 4.89. The fourth-order valence-electron chi connectivity index (χ4n) is 3.10. The average Bonchev–Trinajstić information content (AvgIpc) is 3.03. The van der Waals surface area contributed by atoms with Crippen molar-refractivity contribution in [3.8, 4) is 5.75 Å². The lowest BCUT2D eigenvalue weighted by atomic mass is 10.1. The topological polar surface area (TPSA) is 61.8 Å². The van der Waals surface area contributed by atoms with Crippen LogP contribution in [0.15, 0.2) is 66.1 Å². The highest BCUT2D eigenvalue weighted by molar-refractivity contribution is 6.42. The van der Waals surface area contributed by atoms with E-state index in [0.717, 1.165) is 18.4 Å². The van der Waals surface area contributed by atoms with E-state index in [2.05, 4.69) is 11.9 Å². The third kappa shape index (κ3) is 4.86. The predicted octanol–water partition coefficient (Wildman–Crippen LogP) is 4.90. The highest BCUT2D eigenvalue weighted by Crippen LogP contribution is 2.28. The van der Waals surface area contributed by atoms with E-state index in [1.54, 1.807) is 37.4 Å². The molecule has 0 saturated carbocycles.